The number of thioether (sulfide) groups is 1. The van der Waals surface area contributed by atoms with E-state index < -0.39 is 29.7 Å². The van der Waals surface area contributed by atoms with Crippen LogP contribution in [-0.2, 0) is 9.53 Å². The molecule has 1 atom stereocenters. The van der Waals surface area contributed by atoms with Gasteiger partial charge in [0, 0.05) is 13.1 Å². The molecule has 2 heterocycles. The Morgan fingerprint density at radius 1 is 1.30 bits per heavy atom. The molecule has 0 aromatic carbocycles. The summed E-state index contributed by atoms with van der Waals surface area (Å²) in [4.78, 5) is 41.6. The number of carbonyl (C=O) groups excluding carboxylic acids is 3. The van der Waals surface area contributed by atoms with Crippen LogP contribution in [0.5, 0.6) is 0 Å². The third kappa shape index (κ3) is 6.49. The molecule has 1 unspecified atom stereocenters. The zero-order chi connectivity index (χ0) is 22.7. The Morgan fingerprint density at radius 2 is 1.97 bits per heavy atom. The van der Waals surface area contributed by atoms with Crippen LogP contribution in [0.2, 0.25) is 0 Å². The fourth-order valence-electron chi connectivity index (χ4n) is 2.70. The van der Waals surface area contributed by atoms with Gasteiger partial charge in [0.2, 0.25) is 0 Å². The molecule has 0 radical (unpaired) electrons. The molecule has 1 aromatic rings. The molecule has 168 valence electrons. The summed E-state index contributed by atoms with van der Waals surface area (Å²) in [6, 6.07) is -0.310. The number of nitrogens with one attached hydrogen (secondary N) is 2. The Morgan fingerprint density at radius 3 is 2.53 bits per heavy atom. The first-order chi connectivity index (χ1) is 13.8. The van der Waals surface area contributed by atoms with Crippen LogP contribution in [0.1, 0.15) is 44.1 Å². The van der Waals surface area contributed by atoms with Gasteiger partial charge in [-0.1, -0.05) is 23.1 Å². The summed E-state index contributed by atoms with van der Waals surface area (Å²) in [7, 11) is 0. The van der Waals surface area contributed by atoms with Crippen molar-refractivity contribution in [3.63, 3.8) is 0 Å². The lowest BCUT2D eigenvalue weighted by Gasteiger charge is -2.28. The number of anilines is 1. The predicted molar refractivity (Wildman–Crippen MR) is 107 cm³/mol. The topological polar surface area (TPSA) is 101 Å². The Bertz CT molecular complexity index is 808. The number of rotatable bonds is 5. The third-order valence-corrected chi connectivity index (χ3v) is 5.94. The lowest BCUT2D eigenvalue weighted by Crippen LogP contribution is -2.45. The van der Waals surface area contributed by atoms with Gasteiger partial charge in [0.05, 0.1) is 6.04 Å². The molecular formula is C17H23F3N4O4S2. The van der Waals surface area contributed by atoms with Gasteiger partial charge in [-0.3, -0.25) is 9.59 Å². The molecule has 8 nitrogen and oxygen atoms in total. The Labute approximate surface area is 179 Å². The molecule has 13 heteroatoms. The second kappa shape index (κ2) is 9.41. The van der Waals surface area contributed by atoms with Crippen molar-refractivity contribution in [3.05, 3.63) is 5.69 Å². The first-order valence-electron chi connectivity index (χ1n) is 9.02. The monoisotopic (exact) mass is 468 g/mol. The van der Waals surface area contributed by atoms with E-state index >= 15 is 0 Å². The SMILES string of the molecule is CSc1nc(C(=O)NCC2CCCN2C(=O)OC(C)(C)C)c(NC(=O)C(F)(F)F)s1. The first-order valence-corrected chi connectivity index (χ1v) is 11.1. The van der Waals surface area contributed by atoms with Crippen LogP contribution in [0, 0.1) is 0 Å². The van der Waals surface area contributed by atoms with Crippen LogP contribution >= 0.6 is 23.1 Å². The smallest absolute Gasteiger partial charge is 0.444 e. The Hall–Kier alpha value is -2.02. The number of amides is 3. The average molecular weight is 469 g/mol. The van der Waals surface area contributed by atoms with E-state index in [9.17, 15) is 27.6 Å². The average Bonchev–Trinajstić information content (AvgIpc) is 3.24. The number of thiazole rings is 1. The fourth-order valence-corrected chi connectivity index (χ4v) is 4.16. The van der Waals surface area contributed by atoms with Crippen molar-refractivity contribution in [1.82, 2.24) is 15.2 Å². The number of nitrogens with zero attached hydrogens (tertiary/aromatic N) is 2. The van der Waals surface area contributed by atoms with Crippen molar-refractivity contribution < 1.29 is 32.3 Å². The molecule has 0 aliphatic carbocycles. The normalized spacial score (nSPS) is 17.0. The highest BCUT2D eigenvalue weighted by atomic mass is 32.2. The number of halogens is 3. The van der Waals surface area contributed by atoms with Gasteiger partial charge in [-0.15, -0.1) is 0 Å². The molecule has 1 saturated heterocycles. The molecule has 1 aliphatic rings. The van der Waals surface area contributed by atoms with E-state index in [2.05, 4.69) is 10.3 Å². The van der Waals surface area contributed by atoms with Crippen molar-refractivity contribution in [2.24, 2.45) is 0 Å². The van der Waals surface area contributed by atoms with Gasteiger partial charge < -0.3 is 20.3 Å². The van der Waals surface area contributed by atoms with Crippen LogP contribution in [0.15, 0.2) is 4.34 Å². The van der Waals surface area contributed by atoms with Gasteiger partial charge >= 0.3 is 18.2 Å². The number of hydrogen-bond acceptors (Lipinski definition) is 7. The molecule has 30 heavy (non-hydrogen) atoms. The number of aromatic nitrogens is 1. The highest BCUT2D eigenvalue weighted by Crippen LogP contribution is 2.32. The van der Waals surface area contributed by atoms with Crippen LogP contribution in [-0.4, -0.2) is 65.0 Å². The van der Waals surface area contributed by atoms with Gasteiger partial charge in [0.1, 0.15) is 10.6 Å². The van der Waals surface area contributed by atoms with Crippen LogP contribution < -0.4 is 10.6 Å². The van der Waals surface area contributed by atoms with Crippen molar-refractivity contribution in [2.45, 2.75) is 55.8 Å². The Balaban J connectivity index is 2.06. The highest BCUT2D eigenvalue weighted by Gasteiger charge is 2.40. The minimum absolute atomic E-state index is 0.0802. The van der Waals surface area contributed by atoms with Crippen molar-refractivity contribution in [3.8, 4) is 0 Å². The number of likely N-dealkylation sites (tertiary alicyclic amines) is 1. The summed E-state index contributed by atoms with van der Waals surface area (Å²) >= 11 is 1.91. The summed E-state index contributed by atoms with van der Waals surface area (Å²) in [6.45, 7) is 5.81. The van der Waals surface area contributed by atoms with E-state index in [0.29, 0.717) is 17.3 Å². The van der Waals surface area contributed by atoms with Crippen LogP contribution in [0.3, 0.4) is 0 Å². The summed E-state index contributed by atoms with van der Waals surface area (Å²) < 4.78 is 43.4. The van der Waals surface area contributed by atoms with E-state index in [1.165, 1.54) is 4.90 Å². The third-order valence-electron chi connectivity index (χ3n) is 3.99. The molecule has 1 fully saturated rings. The summed E-state index contributed by atoms with van der Waals surface area (Å²) in [6.07, 6.45) is -2.55. The highest BCUT2D eigenvalue weighted by molar-refractivity contribution is 8.00. The Kier molecular flexibility index (Phi) is 7.61. The molecule has 0 bridgehead atoms. The van der Waals surface area contributed by atoms with E-state index in [1.807, 2.05) is 0 Å². The lowest BCUT2D eigenvalue weighted by atomic mass is 10.2. The maximum absolute atomic E-state index is 12.6. The minimum atomic E-state index is -5.09. The quantitative estimate of drug-likeness (QED) is 0.642. The van der Waals surface area contributed by atoms with Crippen LogP contribution in [0.25, 0.3) is 0 Å². The standard InChI is InChI=1S/C17H23F3N4O4S2/c1-16(2,3)28-15(27)24-7-5-6-9(24)8-21-11(25)10-12(30-14(22-10)29-4)23-13(26)17(18,19)20/h9H,5-8H2,1-4H3,(H,21,25)(H,23,26). The van der Waals surface area contributed by atoms with Gasteiger partial charge in [-0.25, -0.2) is 9.78 Å². The van der Waals surface area contributed by atoms with E-state index in [4.69, 9.17) is 4.74 Å². The van der Waals surface area contributed by atoms with E-state index in [1.54, 1.807) is 32.3 Å². The molecule has 0 spiro atoms. The molecular weight excluding hydrogens is 445 g/mol. The van der Waals surface area contributed by atoms with Gasteiger partial charge in [-0.05, 0) is 39.9 Å². The number of alkyl halides is 3. The zero-order valence-electron chi connectivity index (χ0n) is 16.9. The van der Waals surface area contributed by atoms with Gasteiger partial charge in [0.15, 0.2) is 10.0 Å². The predicted octanol–water partition coefficient (Wildman–Crippen LogP) is 3.50. The maximum Gasteiger partial charge on any atom is 0.471 e. The molecule has 2 N–H and O–H groups in total. The van der Waals surface area contributed by atoms with Crippen molar-refractivity contribution in [2.75, 3.05) is 24.7 Å². The summed E-state index contributed by atoms with van der Waals surface area (Å²) in [5, 5.41) is 4.01. The number of hydrogen-bond donors (Lipinski definition) is 2. The van der Waals surface area contributed by atoms with E-state index in [-0.39, 0.29) is 23.3 Å². The number of carbonyl (C=O) groups is 3. The maximum atomic E-state index is 12.6. The van der Waals surface area contributed by atoms with Crippen molar-refractivity contribution in [1.29, 1.82) is 0 Å². The van der Waals surface area contributed by atoms with Crippen molar-refractivity contribution >= 4 is 46.0 Å². The van der Waals surface area contributed by atoms with E-state index in [0.717, 1.165) is 29.5 Å². The minimum Gasteiger partial charge on any atom is -0.444 e. The largest absolute Gasteiger partial charge is 0.471 e. The molecule has 3 amide bonds. The second-order valence-electron chi connectivity index (χ2n) is 7.49. The molecule has 1 aromatic heterocycles. The second-order valence-corrected chi connectivity index (χ2v) is 9.55. The lowest BCUT2D eigenvalue weighted by molar-refractivity contribution is -0.167. The number of ether oxygens (including phenoxy) is 1. The molecule has 1 aliphatic heterocycles. The first kappa shape index (κ1) is 24.3. The van der Waals surface area contributed by atoms with Gasteiger partial charge in [-0.2, -0.15) is 13.2 Å². The zero-order valence-corrected chi connectivity index (χ0v) is 18.5. The van der Waals surface area contributed by atoms with Crippen LogP contribution in [0.4, 0.5) is 23.0 Å². The molecule has 0 saturated carbocycles. The summed E-state index contributed by atoms with van der Waals surface area (Å²) in [5.41, 5.74) is -0.961. The molecule has 2 rings (SSSR count). The summed E-state index contributed by atoms with van der Waals surface area (Å²) in [5.74, 6) is -2.92. The van der Waals surface area contributed by atoms with Gasteiger partial charge in [0.25, 0.3) is 5.91 Å². The fraction of sp³-hybridized carbons (Fsp3) is 0.647.